The molecule has 1 fully saturated rings. The van der Waals surface area contributed by atoms with E-state index in [2.05, 4.69) is 0 Å². The number of piperazine rings is 1. The Hall–Kier alpha value is -2.73. The molecule has 1 aliphatic heterocycles. The fourth-order valence-corrected chi connectivity index (χ4v) is 3.57. The summed E-state index contributed by atoms with van der Waals surface area (Å²) in [5.41, 5.74) is 2.78. The van der Waals surface area contributed by atoms with Crippen LogP contribution in [0.25, 0.3) is 0 Å². The number of amides is 2. The summed E-state index contributed by atoms with van der Waals surface area (Å²) >= 11 is 6.17. The molecule has 0 spiro atoms. The Kier molecular flexibility index (Phi) is 7.21. The Morgan fingerprint density at radius 2 is 1.43 bits per heavy atom. The van der Waals surface area contributed by atoms with Crippen LogP contribution in [0.3, 0.4) is 0 Å². The molecule has 6 nitrogen and oxygen atoms in total. The van der Waals surface area contributed by atoms with Crippen molar-refractivity contribution < 1.29 is 19.1 Å². The molecule has 2 amide bonds. The monoisotopic (exact) mass is 430 g/mol. The first-order valence-electron chi connectivity index (χ1n) is 9.95. The van der Waals surface area contributed by atoms with E-state index in [-0.39, 0.29) is 18.4 Å². The summed E-state index contributed by atoms with van der Waals surface area (Å²) in [6.07, 6.45) is 0.344. The lowest BCUT2D eigenvalue weighted by molar-refractivity contribution is -0.140. The third-order valence-corrected chi connectivity index (χ3v) is 5.87. The predicted molar refractivity (Wildman–Crippen MR) is 116 cm³/mol. The van der Waals surface area contributed by atoms with Gasteiger partial charge in [-0.05, 0) is 54.8 Å². The van der Waals surface area contributed by atoms with Crippen LogP contribution in [0, 0.1) is 13.8 Å². The summed E-state index contributed by atoms with van der Waals surface area (Å²) in [7, 11) is 1.61. The second-order valence-electron chi connectivity index (χ2n) is 7.45. The second kappa shape index (κ2) is 9.85. The highest BCUT2D eigenvalue weighted by molar-refractivity contribution is 6.32. The highest BCUT2D eigenvalue weighted by Gasteiger charge is 2.24. The van der Waals surface area contributed by atoms with Crippen molar-refractivity contribution in [2.75, 3.05) is 39.9 Å². The maximum atomic E-state index is 12.6. The largest absolute Gasteiger partial charge is 0.497 e. The van der Waals surface area contributed by atoms with Crippen LogP contribution in [0.5, 0.6) is 11.5 Å². The Bertz CT molecular complexity index is 883. The molecule has 1 saturated heterocycles. The van der Waals surface area contributed by atoms with E-state index in [9.17, 15) is 9.59 Å². The SMILES string of the molecule is COc1ccc(CC(=O)N2CCN(C(=O)COc3cc(C)c(Cl)c(C)c3)CC2)cc1. The van der Waals surface area contributed by atoms with Gasteiger partial charge in [-0.2, -0.15) is 0 Å². The number of carbonyl (C=O) groups excluding carboxylic acids is 2. The van der Waals surface area contributed by atoms with Crippen molar-refractivity contribution >= 4 is 23.4 Å². The molecule has 2 aromatic rings. The van der Waals surface area contributed by atoms with E-state index in [1.165, 1.54) is 0 Å². The van der Waals surface area contributed by atoms with Crippen molar-refractivity contribution in [2.24, 2.45) is 0 Å². The van der Waals surface area contributed by atoms with Gasteiger partial charge in [-0.25, -0.2) is 0 Å². The zero-order valence-corrected chi connectivity index (χ0v) is 18.4. The first kappa shape index (κ1) is 22.0. The molecule has 0 N–H and O–H groups in total. The van der Waals surface area contributed by atoms with E-state index in [1.54, 1.807) is 16.9 Å². The van der Waals surface area contributed by atoms with Gasteiger partial charge < -0.3 is 19.3 Å². The molecule has 0 bridgehead atoms. The number of rotatable bonds is 6. The highest BCUT2D eigenvalue weighted by Crippen LogP contribution is 2.25. The third-order valence-electron chi connectivity index (χ3n) is 5.27. The summed E-state index contributed by atoms with van der Waals surface area (Å²) in [6, 6.07) is 11.2. The number of nitrogens with zero attached hydrogens (tertiary/aromatic N) is 2. The van der Waals surface area contributed by atoms with E-state index in [0.717, 1.165) is 22.4 Å². The second-order valence-corrected chi connectivity index (χ2v) is 7.82. The number of benzene rings is 2. The van der Waals surface area contributed by atoms with Crippen LogP contribution in [0.4, 0.5) is 0 Å². The van der Waals surface area contributed by atoms with Crippen molar-refractivity contribution in [3.63, 3.8) is 0 Å². The molecule has 0 radical (unpaired) electrons. The van der Waals surface area contributed by atoms with Crippen LogP contribution in [-0.2, 0) is 16.0 Å². The van der Waals surface area contributed by atoms with E-state index in [0.29, 0.717) is 43.4 Å². The molecular formula is C23H27ClN2O4. The van der Waals surface area contributed by atoms with Gasteiger partial charge in [0, 0.05) is 31.2 Å². The van der Waals surface area contributed by atoms with Crippen LogP contribution in [0.15, 0.2) is 36.4 Å². The third kappa shape index (κ3) is 5.45. The summed E-state index contributed by atoms with van der Waals surface area (Å²) in [6.45, 7) is 5.86. The van der Waals surface area contributed by atoms with Gasteiger partial charge in [0.15, 0.2) is 6.61 Å². The number of ether oxygens (including phenoxy) is 2. The first-order chi connectivity index (χ1) is 14.4. The summed E-state index contributed by atoms with van der Waals surface area (Å²) < 4.78 is 10.8. The van der Waals surface area contributed by atoms with E-state index in [4.69, 9.17) is 21.1 Å². The number of aryl methyl sites for hydroxylation is 2. The summed E-state index contributed by atoms with van der Waals surface area (Å²) in [5, 5.41) is 0.712. The van der Waals surface area contributed by atoms with Crippen molar-refractivity contribution in [3.05, 3.63) is 58.1 Å². The Balaban J connectivity index is 1.46. The van der Waals surface area contributed by atoms with Gasteiger partial charge in [-0.15, -0.1) is 0 Å². The molecule has 1 heterocycles. The lowest BCUT2D eigenvalue weighted by Gasteiger charge is -2.34. The molecule has 30 heavy (non-hydrogen) atoms. The van der Waals surface area contributed by atoms with Crippen LogP contribution < -0.4 is 9.47 Å². The molecule has 2 aromatic carbocycles. The number of halogens is 1. The van der Waals surface area contributed by atoms with Crippen LogP contribution in [0.2, 0.25) is 5.02 Å². The Morgan fingerprint density at radius 3 is 1.97 bits per heavy atom. The number of methoxy groups -OCH3 is 1. The maximum Gasteiger partial charge on any atom is 0.260 e. The minimum atomic E-state index is -0.0810. The molecule has 0 aliphatic carbocycles. The average Bonchev–Trinajstić information content (AvgIpc) is 2.76. The smallest absolute Gasteiger partial charge is 0.260 e. The minimum Gasteiger partial charge on any atom is -0.497 e. The number of hydrogen-bond acceptors (Lipinski definition) is 4. The quantitative estimate of drug-likeness (QED) is 0.705. The fraction of sp³-hybridized carbons (Fsp3) is 0.391. The molecular weight excluding hydrogens is 404 g/mol. The molecule has 0 atom stereocenters. The maximum absolute atomic E-state index is 12.6. The molecule has 1 aliphatic rings. The number of hydrogen-bond donors (Lipinski definition) is 0. The normalized spacial score (nSPS) is 13.9. The van der Waals surface area contributed by atoms with Crippen molar-refractivity contribution in [2.45, 2.75) is 20.3 Å². The average molecular weight is 431 g/mol. The van der Waals surface area contributed by atoms with Gasteiger partial charge in [0.05, 0.1) is 13.5 Å². The Morgan fingerprint density at radius 1 is 0.900 bits per heavy atom. The Labute approximate surface area is 182 Å². The molecule has 160 valence electrons. The lowest BCUT2D eigenvalue weighted by atomic mass is 10.1. The standard InChI is InChI=1S/C23H27ClN2O4/c1-16-12-20(13-17(2)23(16)24)30-15-22(28)26-10-8-25(9-11-26)21(27)14-18-4-6-19(29-3)7-5-18/h4-7,12-13H,8-11,14-15H2,1-3H3. The topological polar surface area (TPSA) is 59.1 Å². The van der Waals surface area contributed by atoms with Crippen LogP contribution in [0.1, 0.15) is 16.7 Å². The molecule has 3 rings (SSSR count). The van der Waals surface area contributed by atoms with E-state index < -0.39 is 0 Å². The molecule has 7 heteroatoms. The minimum absolute atomic E-state index is 0.0275. The highest BCUT2D eigenvalue weighted by atomic mass is 35.5. The van der Waals surface area contributed by atoms with Gasteiger partial charge in [0.1, 0.15) is 11.5 Å². The number of carbonyl (C=O) groups is 2. The van der Waals surface area contributed by atoms with Gasteiger partial charge in [0.2, 0.25) is 5.91 Å². The fourth-order valence-electron chi connectivity index (χ4n) is 3.46. The van der Waals surface area contributed by atoms with Crippen molar-refractivity contribution in [3.8, 4) is 11.5 Å². The molecule has 0 saturated carbocycles. The van der Waals surface area contributed by atoms with E-state index >= 15 is 0 Å². The first-order valence-corrected chi connectivity index (χ1v) is 10.3. The summed E-state index contributed by atoms with van der Waals surface area (Å²) in [5.74, 6) is 1.39. The zero-order chi connectivity index (χ0) is 21.7. The van der Waals surface area contributed by atoms with Crippen molar-refractivity contribution in [1.82, 2.24) is 9.80 Å². The molecule has 0 aromatic heterocycles. The van der Waals surface area contributed by atoms with E-state index in [1.807, 2.05) is 50.2 Å². The van der Waals surface area contributed by atoms with Gasteiger partial charge >= 0.3 is 0 Å². The van der Waals surface area contributed by atoms with Gasteiger partial charge in [-0.3, -0.25) is 9.59 Å². The zero-order valence-electron chi connectivity index (χ0n) is 17.6. The van der Waals surface area contributed by atoms with Crippen LogP contribution >= 0.6 is 11.6 Å². The van der Waals surface area contributed by atoms with Gasteiger partial charge in [0.25, 0.3) is 5.91 Å². The summed E-state index contributed by atoms with van der Waals surface area (Å²) in [4.78, 5) is 28.6. The molecule has 0 unspecified atom stereocenters. The van der Waals surface area contributed by atoms with Crippen molar-refractivity contribution in [1.29, 1.82) is 0 Å². The predicted octanol–water partition coefficient (Wildman–Crippen LogP) is 3.26. The van der Waals surface area contributed by atoms with Gasteiger partial charge in [-0.1, -0.05) is 23.7 Å². The lowest BCUT2D eigenvalue weighted by Crippen LogP contribution is -2.52. The van der Waals surface area contributed by atoms with Crippen LogP contribution in [-0.4, -0.2) is 61.5 Å².